The maximum Gasteiger partial charge on any atom is 0.410 e. The molecule has 0 bridgehead atoms. The van der Waals surface area contributed by atoms with Gasteiger partial charge in [-0.15, -0.1) is 0 Å². The highest BCUT2D eigenvalue weighted by atomic mass is 32.2. The van der Waals surface area contributed by atoms with Crippen molar-refractivity contribution in [1.82, 2.24) is 9.21 Å². The normalized spacial score (nSPS) is 16.8. The number of sulfonamides is 1. The van der Waals surface area contributed by atoms with Crippen molar-refractivity contribution in [3.05, 3.63) is 35.4 Å². The molecule has 1 saturated heterocycles. The fraction of sp³-hybridized carbons (Fsp3) is 0.632. The lowest BCUT2D eigenvalue weighted by Crippen LogP contribution is -2.48. The number of piperidine rings is 1. The number of hydrogen-bond acceptors (Lipinski definition) is 4. The largest absolute Gasteiger partial charge is 0.444 e. The summed E-state index contributed by atoms with van der Waals surface area (Å²) in [6.07, 6.45) is 0.896. The van der Waals surface area contributed by atoms with Gasteiger partial charge in [0.15, 0.2) is 0 Å². The second-order valence-electron chi connectivity index (χ2n) is 7.90. The Morgan fingerprint density at radius 1 is 1.23 bits per heavy atom. The van der Waals surface area contributed by atoms with Crippen molar-refractivity contribution in [2.75, 3.05) is 20.1 Å². The fourth-order valence-corrected chi connectivity index (χ4v) is 4.62. The van der Waals surface area contributed by atoms with E-state index < -0.39 is 15.6 Å². The van der Waals surface area contributed by atoms with Gasteiger partial charge in [-0.25, -0.2) is 17.5 Å². The van der Waals surface area contributed by atoms with Crippen LogP contribution in [0.25, 0.3) is 0 Å². The molecule has 0 spiro atoms. The van der Waals surface area contributed by atoms with Crippen LogP contribution in [0.1, 0.15) is 44.7 Å². The predicted octanol–water partition coefficient (Wildman–Crippen LogP) is 3.16. The summed E-state index contributed by atoms with van der Waals surface area (Å²) in [5.74, 6) is 0.00243. The quantitative estimate of drug-likeness (QED) is 0.802. The first-order valence-corrected chi connectivity index (χ1v) is 10.6. The van der Waals surface area contributed by atoms with Crippen molar-refractivity contribution in [1.29, 1.82) is 0 Å². The van der Waals surface area contributed by atoms with E-state index in [0.717, 1.165) is 11.1 Å². The molecule has 1 aromatic carbocycles. The highest BCUT2D eigenvalue weighted by Crippen LogP contribution is 2.22. The molecule has 1 aromatic rings. The minimum atomic E-state index is -3.40. The van der Waals surface area contributed by atoms with E-state index in [2.05, 4.69) is 0 Å². The number of likely N-dealkylation sites (tertiary alicyclic amines) is 1. The summed E-state index contributed by atoms with van der Waals surface area (Å²) in [5.41, 5.74) is 1.27. The van der Waals surface area contributed by atoms with Gasteiger partial charge in [-0.3, -0.25) is 0 Å². The maximum absolute atomic E-state index is 12.8. The van der Waals surface area contributed by atoms with Crippen LogP contribution in [0.3, 0.4) is 0 Å². The molecule has 1 amide bonds. The van der Waals surface area contributed by atoms with Crippen LogP contribution >= 0.6 is 0 Å². The third kappa shape index (κ3) is 5.45. The average Bonchev–Trinajstić information content (AvgIpc) is 2.55. The van der Waals surface area contributed by atoms with Crippen LogP contribution in [0.4, 0.5) is 4.79 Å². The first-order chi connectivity index (χ1) is 12.0. The third-order valence-electron chi connectivity index (χ3n) is 4.67. The van der Waals surface area contributed by atoms with Crippen molar-refractivity contribution >= 4 is 16.1 Å². The number of rotatable bonds is 4. The van der Waals surface area contributed by atoms with Gasteiger partial charge in [-0.1, -0.05) is 24.3 Å². The number of carbonyl (C=O) groups is 1. The summed E-state index contributed by atoms with van der Waals surface area (Å²) < 4.78 is 32.4. The average molecular weight is 383 g/mol. The molecule has 0 N–H and O–H groups in total. The molecule has 0 unspecified atom stereocenters. The first-order valence-electron chi connectivity index (χ1n) is 8.98. The highest BCUT2D eigenvalue weighted by molar-refractivity contribution is 7.88. The zero-order valence-electron chi connectivity index (χ0n) is 16.4. The van der Waals surface area contributed by atoms with E-state index in [4.69, 9.17) is 4.74 Å². The molecule has 26 heavy (non-hydrogen) atoms. The Morgan fingerprint density at radius 3 is 2.35 bits per heavy atom. The fourth-order valence-electron chi connectivity index (χ4n) is 3.04. The summed E-state index contributed by atoms with van der Waals surface area (Å²) in [6.45, 7) is 8.44. The minimum Gasteiger partial charge on any atom is -0.444 e. The van der Waals surface area contributed by atoms with Crippen molar-refractivity contribution in [2.45, 2.75) is 57.9 Å². The van der Waals surface area contributed by atoms with Crippen LogP contribution in [-0.4, -0.2) is 55.5 Å². The molecule has 2 rings (SSSR count). The summed E-state index contributed by atoms with van der Waals surface area (Å²) >= 11 is 0. The molecule has 1 aliphatic heterocycles. The Bertz CT molecular complexity index is 732. The highest BCUT2D eigenvalue weighted by Gasteiger charge is 2.32. The van der Waals surface area contributed by atoms with Gasteiger partial charge in [0, 0.05) is 26.2 Å². The molecule has 0 atom stereocenters. The number of carbonyl (C=O) groups excluding carboxylic acids is 1. The molecule has 0 aromatic heterocycles. The van der Waals surface area contributed by atoms with Gasteiger partial charge in [0.05, 0.1) is 5.75 Å². The second kappa shape index (κ2) is 7.96. The Kier molecular flexibility index (Phi) is 6.34. The van der Waals surface area contributed by atoms with E-state index in [-0.39, 0.29) is 17.9 Å². The van der Waals surface area contributed by atoms with Crippen molar-refractivity contribution in [3.8, 4) is 0 Å². The van der Waals surface area contributed by atoms with E-state index in [0.29, 0.717) is 25.9 Å². The van der Waals surface area contributed by atoms with Crippen LogP contribution in [0.5, 0.6) is 0 Å². The molecule has 1 fully saturated rings. The number of nitrogens with zero attached hydrogens (tertiary/aromatic N) is 2. The molecule has 146 valence electrons. The zero-order valence-corrected chi connectivity index (χ0v) is 17.2. The summed E-state index contributed by atoms with van der Waals surface area (Å²) in [7, 11) is -1.76. The Labute approximate surface area is 157 Å². The number of benzene rings is 1. The Morgan fingerprint density at radius 2 is 1.81 bits per heavy atom. The zero-order chi connectivity index (χ0) is 19.5. The van der Waals surface area contributed by atoms with Crippen LogP contribution in [0.2, 0.25) is 0 Å². The number of hydrogen-bond donors (Lipinski definition) is 0. The van der Waals surface area contributed by atoms with Gasteiger partial charge in [0.2, 0.25) is 10.0 Å². The van der Waals surface area contributed by atoms with Gasteiger partial charge in [0.25, 0.3) is 0 Å². The van der Waals surface area contributed by atoms with E-state index in [1.165, 1.54) is 4.31 Å². The molecule has 0 aliphatic carbocycles. The predicted molar refractivity (Wildman–Crippen MR) is 102 cm³/mol. The summed E-state index contributed by atoms with van der Waals surface area (Å²) in [4.78, 5) is 13.8. The van der Waals surface area contributed by atoms with E-state index in [1.807, 2.05) is 52.0 Å². The molecular formula is C19H30N2O4S. The Hall–Kier alpha value is -1.60. The lowest BCUT2D eigenvalue weighted by molar-refractivity contribution is 0.0183. The van der Waals surface area contributed by atoms with Crippen LogP contribution in [-0.2, 0) is 20.5 Å². The molecule has 1 heterocycles. The summed E-state index contributed by atoms with van der Waals surface area (Å²) in [5, 5.41) is 0. The lowest BCUT2D eigenvalue weighted by atomic mass is 10.1. The smallest absolute Gasteiger partial charge is 0.410 e. The molecule has 0 saturated carbocycles. The van der Waals surface area contributed by atoms with Crippen LogP contribution < -0.4 is 0 Å². The summed E-state index contributed by atoms with van der Waals surface area (Å²) in [6, 6.07) is 7.44. The lowest BCUT2D eigenvalue weighted by Gasteiger charge is -2.36. The van der Waals surface area contributed by atoms with E-state index >= 15 is 0 Å². The number of amides is 1. The second-order valence-corrected chi connectivity index (χ2v) is 9.93. The van der Waals surface area contributed by atoms with Gasteiger partial charge in [-0.05, 0) is 51.7 Å². The van der Waals surface area contributed by atoms with Crippen molar-refractivity contribution < 1.29 is 17.9 Å². The number of aryl methyl sites for hydroxylation is 1. The van der Waals surface area contributed by atoms with E-state index in [1.54, 1.807) is 11.9 Å². The van der Waals surface area contributed by atoms with Gasteiger partial charge >= 0.3 is 6.09 Å². The Balaban J connectivity index is 1.96. The standard InChI is InChI=1S/C19H30N2O4S/c1-15-8-6-7-9-16(15)14-26(23,24)20(5)17-10-12-21(13-11-17)18(22)25-19(2,3)4/h6-9,17H,10-14H2,1-5H3. The topological polar surface area (TPSA) is 66.9 Å². The SMILES string of the molecule is Cc1ccccc1CS(=O)(=O)N(C)C1CCN(C(=O)OC(C)(C)C)CC1. The number of ether oxygens (including phenoxy) is 1. The molecular weight excluding hydrogens is 352 g/mol. The van der Waals surface area contributed by atoms with E-state index in [9.17, 15) is 13.2 Å². The molecule has 6 nitrogen and oxygen atoms in total. The molecule has 1 aliphatic rings. The van der Waals surface area contributed by atoms with Crippen LogP contribution in [0.15, 0.2) is 24.3 Å². The molecule has 0 radical (unpaired) electrons. The maximum atomic E-state index is 12.8. The monoisotopic (exact) mass is 382 g/mol. The van der Waals surface area contributed by atoms with Crippen molar-refractivity contribution in [2.24, 2.45) is 0 Å². The van der Waals surface area contributed by atoms with Gasteiger partial charge < -0.3 is 9.64 Å². The van der Waals surface area contributed by atoms with Crippen molar-refractivity contribution in [3.63, 3.8) is 0 Å². The first kappa shape index (κ1) is 20.7. The van der Waals surface area contributed by atoms with Crippen LogP contribution in [0, 0.1) is 6.92 Å². The van der Waals surface area contributed by atoms with Gasteiger partial charge in [-0.2, -0.15) is 0 Å². The third-order valence-corrected chi connectivity index (χ3v) is 6.52. The minimum absolute atomic E-state index is 0.00243. The van der Waals surface area contributed by atoms with Gasteiger partial charge in [0.1, 0.15) is 5.60 Å². The molecule has 7 heteroatoms.